The van der Waals surface area contributed by atoms with Crippen molar-refractivity contribution < 1.29 is 4.39 Å². The van der Waals surface area contributed by atoms with E-state index in [1.165, 1.54) is 44.5 Å². The first-order valence-corrected chi connectivity index (χ1v) is 12.4. The van der Waals surface area contributed by atoms with Crippen molar-refractivity contribution in [3.05, 3.63) is 58.7 Å². The van der Waals surface area contributed by atoms with E-state index in [0.29, 0.717) is 5.92 Å². The largest absolute Gasteiger partial charge is 0.323 e. The zero-order chi connectivity index (χ0) is 20.2. The monoisotopic (exact) mass is 451 g/mol. The summed E-state index contributed by atoms with van der Waals surface area (Å²) in [5.74, 6) is 0.478. The van der Waals surface area contributed by atoms with Gasteiger partial charge in [0.05, 0.1) is 20.4 Å². The summed E-state index contributed by atoms with van der Waals surface area (Å²) in [5.41, 5.74) is 4.53. The summed E-state index contributed by atoms with van der Waals surface area (Å²) in [6, 6.07) is 13.1. The van der Waals surface area contributed by atoms with Gasteiger partial charge >= 0.3 is 0 Å². The van der Waals surface area contributed by atoms with Crippen LogP contribution in [0.3, 0.4) is 0 Å². The maximum absolute atomic E-state index is 13.6. The lowest BCUT2D eigenvalue weighted by Crippen LogP contribution is -2.09. The minimum Gasteiger partial charge on any atom is -0.323 e. The topological polar surface area (TPSA) is 37.8 Å². The number of benzene rings is 2. The van der Waals surface area contributed by atoms with Crippen molar-refractivity contribution in [1.82, 2.24) is 9.97 Å². The van der Waals surface area contributed by atoms with Crippen molar-refractivity contribution in [3.63, 3.8) is 0 Å². The molecule has 0 aliphatic heterocycles. The number of thiazole rings is 2. The molecular weight excluding hydrogens is 433 g/mol. The van der Waals surface area contributed by atoms with Gasteiger partial charge in [-0.25, -0.2) is 14.4 Å². The van der Waals surface area contributed by atoms with E-state index in [4.69, 9.17) is 4.98 Å². The SMILES string of the molecule is C[C@H]1CCc2c(sc(Nc3nc4ccc(F)cc4s3)c2-c2nc3ccccc3s2)C1. The van der Waals surface area contributed by atoms with Crippen LogP contribution in [0.25, 0.3) is 31.0 Å². The molecule has 1 N–H and O–H groups in total. The fourth-order valence-electron chi connectivity index (χ4n) is 4.09. The molecule has 5 aromatic rings. The van der Waals surface area contributed by atoms with Gasteiger partial charge < -0.3 is 5.32 Å². The first-order valence-electron chi connectivity index (χ1n) is 9.97. The Morgan fingerprint density at radius 3 is 2.77 bits per heavy atom. The highest BCUT2D eigenvalue weighted by molar-refractivity contribution is 7.24. The predicted molar refractivity (Wildman–Crippen MR) is 127 cm³/mol. The molecule has 0 saturated carbocycles. The van der Waals surface area contributed by atoms with Crippen molar-refractivity contribution in [2.45, 2.75) is 26.2 Å². The summed E-state index contributed by atoms with van der Waals surface area (Å²) in [7, 11) is 0. The molecule has 3 nitrogen and oxygen atoms in total. The van der Waals surface area contributed by atoms with E-state index in [9.17, 15) is 4.39 Å². The number of thiophene rings is 1. The number of rotatable bonds is 3. The first-order chi connectivity index (χ1) is 14.6. The fourth-order valence-corrected chi connectivity index (χ4v) is 7.57. The van der Waals surface area contributed by atoms with Crippen LogP contribution >= 0.6 is 34.0 Å². The number of nitrogens with one attached hydrogen (secondary N) is 1. The standard InChI is InChI=1S/C23H18FN3S3/c1-12-6-8-14-18(10-12)29-22(20(14)21-25-15-4-2-3-5-17(15)28-21)27-23-26-16-9-7-13(24)11-19(16)30-23/h2-5,7,9,11-12H,6,8,10H2,1H3,(H,26,27)/t12-/m0/s1. The molecule has 30 heavy (non-hydrogen) atoms. The molecular formula is C23H18FN3S3. The van der Waals surface area contributed by atoms with E-state index in [2.05, 4.69) is 35.4 Å². The third-order valence-electron chi connectivity index (χ3n) is 5.59. The number of aromatic nitrogens is 2. The number of hydrogen-bond acceptors (Lipinski definition) is 6. The highest BCUT2D eigenvalue weighted by Crippen LogP contribution is 2.48. The molecule has 0 amide bonds. The minimum atomic E-state index is -0.228. The molecule has 1 aliphatic rings. The first kappa shape index (κ1) is 18.4. The zero-order valence-electron chi connectivity index (χ0n) is 16.2. The van der Waals surface area contributed by atoms with Gasteiger partial charge in [0, 0.05) is 10.4 Å². The van der Waals surface area contributed by atoms with Crippen LogP contribution < -0.4 is 5.32 Å². The summed E-state index contributed by atoms with van der Waals surface area (Å²) in [4.78, 5) is 11.1. The molecule has 1 aliphatic carbocycles. The maximum Gasteiger partial charge on any atom is 0.188 e. The fraction of sp³-hybridized carbons (Fsp3) is 0.217. The molecule has 3 heterocycles. The molecule has 3 aromatic heterocycles. The molecule has 7 heteroatoms. The van der Waals surface area contributed by atoms with Crippen molar-refractivity contribution >= 4 is 64.6 Å². The van der Waals surface area contributed by atoms with E-state index in [-0.39, 0.29) is 5.82 Å². The lowest BCUT2D eigenvalue weighted by molar-refractivity contribution is 0.508. The molecule has 150 valence electrons. The van der Waals surface area contributed by atoms with Crippen molar-refractivity contribution in [2.24, 2.45) is 5.92 Å². The Balaban J connectivity index is 1.48. The molecule has 0 fully saturated rings. The van der Waals surface area contributed by atoms with Crippen LogP contribution in [0, 0.1) is 11.7 Å². The van der Waals surface area contributed by atoms with E-state index >= 15 is 0 Å². The Labute approximate surface area is 185 Å². The van der Waals surface area contributed by atoms with Crippen LogP contribution in [-0.4, -0.2) is 9.97 Å². The predicted octanol–water partition coefficient (Wildman–Crippen LogP) is 7.64. The molecule has 0 bridgehead atoms. The quantitative estimate of drug-likeness (QED) is 0.306. The number of para-hydroxylation sites is 1. The average molecular weight is 452 g/mol. The van der Waals surface area contributed by atoms with Gasteiger partial charge in [-0.15, -0.1) is 22.7 Å². The summed E-state index contributed by atoms with van der Waals surface area (Å²) >= 11 is 5.06. The molecule has 0 saturated heterocycles. The number of hydrogen-bond donors (Lipinski definition) is 1. The number of fused-ring (bicyclic) bond motifs is 3. The molecule has 0 unspecified atom stereocenters. The van der Waals surface area contributed by atoms with Gasteiger partial charge in [0.15, 0.2) is 5.13 Å². The Kier molecular flexibility index (Phi) is 4.37. The third kappa shape index (κ3) is 3.12. The Morgan fingerprint density at radius 2 is 1.87 bits per heavy atom. The van der Waals surface area contributed by atoms with Gasteiger partial charge in [-0.1, -0.05) is 30.4 Å². The van der Waals surface area contributed by atoms with Gasteiger partial charge in [0.25, 0.3) is 0 Å². The van der Waals surface area contributed by atoms with Gasteiger partial charge in [0.1, 0.15) is 15.8 Å². The Hall–Kier alpha value is -2.35. The summed E-state index contributed by atoms with van der Waals surface area (Å²) in [6.45, 7) is 2.33. The summed E-state index contributed by atoms with van der Waals surface area (Å²) in [5, 5.41) is 6.53. The molecule has 0 radical (unpaired) electrons. The van der Waals surface area contributed by atoms with Crippen LogP contribution in [0.4, 0.5) is 14.5 Å². The van der Waals surface area contributed by atoms with Crippen LogP contribution in [0.2, 0.25) is 0 Å². The Bertz CT molecular complexity index is 1360. The number of anilines is 2. The van der Waals surface area contributed by atoms with E-state index in [1.807, 2.05) is 17.4 Å². The van der Waals surface area contributed by atoms with Crippen LogP contribution in [0.1, 0.15) is 23.8 Å². The van der Waals surface area contributed by atoms with Crippen molar-refractivity contribution in [2.75, 3.05) is 5.32 Å². The van der Waals surface area contributed by atoms with Gasteiger partial charge in [-0.3, -0.25) is 0 Å². The van der Waals surface area contributed by atoms with Crippen LogP contribution in [0.15, 0.2) is 42.5 Å². The second-order valence-corrected chi connectivity index (χ2v) is 11.0. The van der Waals surface area contributed by atoms with Gasteiger partial charge in [-0.2, -0.15) is 0 Å². The van der Waals surface area contributed by atoms with Gasteiger partial charge in [-0.05, 0) is 61.1 Å². The minimum absolute atomic E-state index is 0.228. The lowest BCUT2D eigenvalue weighted by atomic mass is 9.88. The second kappa shape index (κ2) is 7.11. The maximum atomic E-state index is 13.6. The Morgan fingerprint density at radius 1 is 1.00 bits per heavy atom. The molecule has 0 spiro atoms. The highest BCUT2D eigenvalue weighted by Gasteiger charge is 2.27. The van der Waals surface area contributed by atoms with Crippen molar-refractivity contribution in [1.29, 1.82) is 0 Å². The van der Waals surface area contributed by atoms with Crippen LogP contribution in [0.5, 0.6) is 0 Å². The number of halogens is 1. The van der Waals surface area contributed by atoms with E-state index in [0.717, 1.165) is 43.7 Å². The normalized spacial score (nSPS) is 16.3. The molecule has 1 atom stereocenters. The summed E-state index contributed by atoms with van der Waals surface area (Å²) < 4.78 is 15.7. The summed E-state index contributed by atoms with van der Waals surface area (Å²) in [6.07, 6.45) is 3.41. The molecule has 6 rings (SSSR count). The second-order valence-electron chi connectivity index (χ2n) is 7.80. The lowest BCUT2D eigenvalue weighted by Gasteiger charge is -2.18. The third-order valence-corrected chi connectivity index (χ3v) is 8.75. The zero-order valence-corrected chi connectivity index (χ0v) is 18.7. The van der Waals surface area contributed by atoms with Crippen LogP contribution in [-0.2, 0) is 12.8 Å². The van der Waals surface area contributed by atoms with Crippen molar-refractivity contribution in [3.8, 4) is 10.6 Å². The van der Waals surface area contributed by atoms with E-state index in [1.54, 1.807) is 23.5 Å². The smallest absolute Gasteiger partial charge is 0.188 e. The molecule has 2 aromatic carbocycles. The number of nitrogens with zero attached hydrogens (tertiary/aromatic N) is 2. The van der Waals surface area contributed by atoms with Gasteiger partial charge in [0.2, 0.25) is 0 Å². The average Bonchev–Trinajstić information content (AvgIpc) is 3.41. The highest BCUT2D eigenvalue weighted by atomic mass is 32.1. The van der Waals surface area contributed by atoms with E-state index < -0.39 is 0 Å².